The molecule has 0 atom stereocenters. The van der Waals surface area contributed by atoms with Gasteiger partial charge in [-0.15, -0.1) is 11.3 Å². The minimum atomic E-state index is -1.02. The van der Waals surface area contributed by atoms with Crippen molar-refractivity contribution in [3.05, 3.63) is 45.2 Å². The highest BCUT2D eigenvalue weighted by Gasteiger charge is 2.15. The summed E-state index contributed by atoms with van der Waals surface area (Å²) in [5, 5.41) is 19.7. The van der Waals surface area contributed by atoms with Crippen LogP contribution in [0.5, 0.6) is 0 Å². The van der Waals surface area contributed by atoms with Gasteiger partial charge in [0.15, 0.2) is 5.82 Å². The molecular formula is C15H13N3O2S. The zero-order chi connectivity index (χ0) is 15.4. The fourth-order valence-electron chi connectivity index (χ4n) is 1.75. The quantitative estimate of drug-likeness (QED) is 0.934. The molecule has 0 bridgehead atoms. The first-order chi connectivity index (χ1) is 10.0. The van der Waals surface area contributed by atoms with Gasteiger partial charge in [0.1, 0.15) is 6.07 Å². The number of nitrogens with zero attached hydrogens (tertiary/aromatic N) is 3. The minimum Gasteiger partial charge on any atom is -0.478 e. The average Bonchev–Trinajstić information content (AvgIpc) is 2.92. The number of nitriles is 1. The fraction of sp³-hybridized carbons (Fsp3) is 0.200. The van der Waals surface area contributed by atoms with Crippen LogP contribution in [0.4, 0.5) is 0 Å². The highest BCUT2D eigenvalue weighted by atomic mass is 32.1. The maximum absolute atomic E-state index is 11.1. The second-order valence-corrected chi connectivity index (χ2v) is 5.61. The third-order valence-electron chi connectivity index (χ3n) is 2.76. The Morgan fingerprint density at radius 1 is 1.48 bits per heavy atom. The lowest BCUT2D eigenvalue weighted by Crippen LogP contribution is -2.08. The van der Waals surface area contributed by atoms with E-state index in [2.05, 4.69) is 16.0 Å². The summed E-state index contributed by atoms with van der Waals surface area (Å²) in [5.74, 6) is -0.570. The molecule has 1 N–H and O–H groups in total. The van der Waals surface area contributed by atoms with E-state index in [1.54, 1.807) is 17.5 Å². The normalized spacial score (nSPS) is 11.0. The van der Waals surface area contributed by atoms with Crippen LogP contribution in [-0.2, 0) is 0 Å². The van der Waals surface area contributed by atoms with Gasteiger partial charge >= 0.3 is 5.97 Å². The average molecular weight is 299 g/mol. The largest absolute Gasteiger partial charge is 0.478 e. The van der Waals surface area contributed by atoms with E-state index < -0.39 is 5.97 Å². The van der Waals surface area contributed by atoms with Crippen molar-refractivity contribution in [2.75, 3.05) is 0 Å². The molecular weight excluding hydrogens is 286 g/mol. The Kier molecular flexibility index (Phi) is 4.45. The molecule has 0 saturated heterocycles. The summed E-state index contributed by atoms with van der Waals surface area (Å²) in [6.45, 7) is 3.78. The molecule has 0 aliphatic rings. The molecule has 106 valence electrons. The van der Waals surface area contributed by atoms with Crippen molar-refractivity contribution in [2.24, 2.45) is 0 Å². The number of rotatable bonds is 4. The number of carboxylic acids is 1. The molecule has 6 heteroatoms. The zero-order valence-electron chi connectivity index (χ0n) is 11.6. The number of aromatic carboxylic acids is 1. The molecule has 2 aromatic rings. The molecule has 21 heavy (non-hydrogen) atoms. The summed E-state index contributed by atoms with van der Waals surface area (Å²) in [5.41, 5.74) is 1.26. The van der Waals surface area contributed by atoms with Crippen LogP contribution in [-0.4, -0.2) is 21.0 Å². The first-order valence-electron chi connectivity index (χ1n) is 6.28. The summed E-state index contributed by atoms with van der Waals surface area (Å²) in [7, 11) is 0. The lowest BCUT2D eigenvalue weighted by molar-refractivity contribution is 0.0694. The van der Waals surface area contributed by atoms with Crippen molar-refractivity contribution >= 4 is 29.5 Å². The molecule has 2 aromatic heterocycles. The van der Waals surface area contributed by atoms with Crippen LogP contribution in [0.15, 0.2) is 17.6 Å². The molecule has 2 rings (SSSR count). The van der Waals surface area contributed by atoms with Gasteiger partial charge in [0.25, 0.3) is 0 Å². The van der Waals surface area contributed by atoms with Gasteiger partial charge < -0.3 is 5.11 Å². The van der Waals surface area contributed by atoms with Gasteiger partial charge in [-0.05, 0) is 24.1 Å². The Balaban J connectivity index is 2.30. The fourth-order valence-corrected chi connectivity index (χ4v) is 2.48. The van der Waals surface area contributed by atoms with Gasteiger partial charge in [0.2, 0.25) is 0 Å². The Morgan fingerprint density at radius 3 is 2.81 bits per heavy atom. The molecule has 5 nitrogen and oxygen atoms in total. The van der Waals surface area contributed by atoms with E-state index in [4.69, 9.17) is 10.4 Å². The first kappa shape index (κ1) is 14.9. The molecule has 0 aliphatic carbocycles. The predicted octanol–water partition coefficient (Wildman–Crippen LogP) is 3.40. The van der Waals surface area contributed by atoms with Crippen LogP contribution < -0.4 is 0 Å². The van der Waals surface area contributed by atoms with E-state index in [1.807, 2.05) is 19.9 Å². The number of carboxylic acid groups (broad SMARTS) is 1. The second kappa shape index (κ2) is 6.29. The summed E-state index contributed by atoms with van der Waals surface area (Å²) in [6.07, 6.45) is 4.86. The Labute approximate surface area is 126 Å². The molecule has 0 aliphatic heterocycles. The summed E-state index contributed by atoms with van der Waals surface area (Å²) in [6, 6.07) is 3.84. The van der Waals surface area contributed by atoms with E-state index in [-0.39, 0.29) is 11.5 Å². The smallest absolute Gasteiger partial charge is 0.339 e. The lowest BCUT2D eigenvalue weighted by Gasteiger charge is -2.08. The molecule has 0 saturated carbocycles. The third kappa shape index (κ3) is 3.52. The molecule has 2 heterocycles. The van der Waals surface area contributed by atoms with Crippen LogP contribution >= 0.6 is 11.3 Å². The standard InChI is InChI=1S/C15H13N3O2S/c1-9(2)14-12(15(19)20)7-17-13(18-14)4-3-11-5-10(6-16)8-21-11/h3-5,7-9H,1-2H3,(H,19,20)/b4-3+. The van der Waals surface area contributed by atoms with Crippen molar-refractivity contribution in [1.82, 2.24) is 9.97 Å². The van der Waals surface area contributed by atoms with Crippen molar-refractivity contribution in [3.63, 3.8) is 0 Å². The van der Waals surface area contributed by atoms with Crippen molar-refractivity contribution in [1.29, 1.82) is 5.26 Å². The van der Waals surface area contributed by atoms with E-state index in [0.29, 0.717) is 17.1 Å². The van der Waals surface area contributed by atoms with Gasteiger partial charge in [-0.1, -0.05) is 13.8 Å². The van der Waals surface area contributed by atoms with Crippen molar-refractivity contribution in [2.45, 2.75) is 19.8 Å². The number of carbonyl (C=O) groups is 1. The maximum Gasteiger partial charge on any atom is 0.339 e. The van der Waals surface area contributed by atoms with E-state index in [1.165, 1.54) is 17.5 Å². The topological polar surface area (TPSA) is 86.9 Å². The third-order valence-corrected chi connectivity index (χ3v) is 3.66. The zero-order valence-corrected chi connectivity index (χ0v) is 12.4. The van der Waals surface area contributed by atoms with Gasteiger partial charge in [-0.25, -0.2) is 14.8 Å². The van der Waals surface area contributed by atoms with Crippen molar-refractivity contribution in [3.8, 4) is 6.07 Å². The van der Waals surface area contributed by atoms with E-state index in [9.17, 15) is 4.79 Å². The van der Waals surface area contributed by atoms with Crippen LogP contribution in [0.2, 0.25) is 0 Å². The monoisotopic (exact) mass is 299 g/mol. The number of hydrogen-bond acceptors (Lipinski definition) is 5. The van der Waals surface area contributed by atoms with Gasteiger partial charge in [-0.2, -0.15) is 5.26 Å². The van der Waals surface area contributed by atoms with Gasteiger partial charge in [-0.3, -0.25) is 0 Å². The summed E-state index contributed by atoms with van der Waals surface area (Å²) < 4.78 is 0. The summed E-state index contributed by atoms with van der Waals surface area (Å²) in [4.78, 5) is 20.4. The second-order valence-electron chi connectivity index (χ2n) is 4.67. The predicted molar refractivity (Wildman–Crippen MR) is 81.0 cm³/mol. The van der Waals surface area contributed by atoms with Crippen LogP contribution in [0, 0.1) is 11.3 Å². The molecule has 0 aromatic carbocycles. The molecule has 0 spiro atoms. The molecule has 0 fully saturated rings. The Bertz CT molecular complexity index is 742. The minimum absolute atomic E-state index is 0.00169. The van der Waals surface area contributed by atoms with Crippen LogP contribution in [0.3, 0.4) is 0 Å². The summed E-state index contributed by atoms with van der Waals surface area (Å²) >= 11 is 1.45. The number of hydrogen-bond donors (Lipinski definition) is 1. The molecule has 0 amide bonds. The Morgan fingerprint density at radius 2 is 2.24 bits per heavy atom. The van der Waals surface area contributed by atoms with Gasteiger partial charge in [0, 0.05) is 16.5 Å². The van der Waals surface area contributed by atoms with Crippen LogP contribution in [0.25, 0.3) is 12.2 Å². The lowest BCUT2D eigenvalue weighted by atomic mass is 10.1. The number of thiophene rings is 1. The number of aromatic nitrogens is 2. The highest BCUT2D eigenvalue weighted by Crippen LogP contribution is 2.19. The SMILES string of the molecule is CC(C)c1nc(/C=C/c2cc(C#N)cs2)ncc1C(=O)O. The maximum atomic E-state index is 11.1. The van der Waals surface area contributed by atoms with E-state index in [0.717, 1.165) is 4.88 Å². The molecule has 0 radical (unpaired) electrons. The van der Waals surface area contributed by atoms with E-state index >= 15 is 0 Å². The van der Waals surface area contributed by atoms with Crippen molar-refractivity contribution < 1.29 is 9.90 Å². The Hall–Kier alpha value is -2.52. The van der Waals surface area contributed by atoms with Crippen LogP contribution in [0.1, 0.15) is 52.1 Å². The first-order valence-corrected chi connectivity index (χ1v) is 7.16. The van der Waals surface area contributed by atoms with Gasteiger partial charge in [0.05, 0.1) is 16.8 Å². The highest BCUT2D eigenvalue weighted by molar-refractivity contribution is 7.11. The molecule has 0 unspecified atom stereocenters.